The van der Waals surface area contributed by atoms with Crippen LogP contribution >= 0.6 is 0 Å². The number of hydrogen-bond acceptors (Lipinski definition) is 4. The standard InChI is InChI=1S/C16H22FNO3/c17-14-2-1-3-15(12-14)19-9-8-18-6-4-13(5-7-18)16-20-10-11-21-16/h1-3,12-13,16H,4-11H2. The van der Waals surface area contributed by atoms with Crippen LogP contribution in [0.5, 0.6) is 5.75 Å². The maximum atomic E-state index is 13.0. The normalized spacial score (nSPS) is 21.8. The van der Waals surface area contributed by atoms with Crippen LogP contribution in [0.4, 0.5) is 4.39 Å². The minimum Gasteiger partial charge on any atom is -0.492 e. The molecule has 21 heavy (non-hydrogen) atoms. The quantitative estimate of drug-likeness (QED) is 0.834. The number of halogens is 1. The Morgan fingerprint density at radius 1 is 1.19 bits per heavy atom. The molecule has 0 radical (unpaired) electrons. The van der Waals surface area contributed by atoms with E-state index in [2.05, 4.69) is 4.90 Å². The van der Waals surface area contributed by atoms with Crippen molar-refractivity contribution in [2.45, 2.75) is 19.1 Å². The summed E-state index contributed by atoms with van der Waals surface area (Å²) < 4.78 is 29.8. The van der Waals surface area contributed by atoms with Crippen molar-refractivity contribution in [3.8, 4) is 5.75 Å². The van der Waals surface area contributed by atoms with Gasteiger partial charge in [-0.25, -0.2) is 4.39 Å². The molecule has 2 saturated heterocycles. The third-order valence-electron chi connectivity index (χ3n) is 4.14. The minimum atomic E-state index is -0.259. The predicted molar refractivity (Wildman–Crippen MR) is 76.8 cm³/mol. The van der Waals surface area contributed by atoms with Crippen LogP contribution < -0.4 is 4.74 Å². The summed E-state index contributed by atoms with van der Waals surface area (Å²) in [5.74, 6) is 0.857. The van der Waals surface area contributed by atoms with Crippen LogP contribution in [-0.4, -0.2) is 50.6 Å². The highest BCUT2D eigenvalue weighted by atomic mass is 19.1. The molecule has 0 amide bonds. The first-order chi connectivity index (χ1) is 10.3. The van der Waals surface area contributed by atoms with E-state index in [9.17, 15) is 4.39 Å². The summed E-state index contributed by atoms with van der Waals surface area (Å²) in [5, 5.41) is 0. The fourth-order valence-corrected chi connectivity index (χ4v) is 2.95. The van der Waals surface area contributed by atoms with Crippen LogP contribution in [0.2, 0.25) is 0 Å². The zero-order valence-corrected chi connectivity index (χ0v) is 12.2. The molecule has 2 aliphatic heterocycles. The average molecular weight is 295 g/mol. The summed E-state index contributed by atoms with van der Waals surface area (Å²) in [4.78, 5) is 2.38. The number of likely N-dealkylation sites (tertiary alicyclic amines) is 1. The summed E-state index contributed by atoms with van der Waals surface area (Å²) in [5.41, 5.74) is 0. The maximum Gasteiger partial charge on any atom is 0.160 e. The molecular formula is C16H22FNO3. The highest BCUT2D eigenvalue weighted by Gasteiger charge is 2.30. The molecule has 0 atom stereocenters. The van der Waals surface area contributed by atoms with Gasteiger partial charge in [-0.05, 0) is 38.1 Å². The van der Waals surface area contributed by atoms with Crippen molar-refractivity contribution in [2.75, 3.05) is 39.5 Å². The van der Waals surface area contributed by atoms with Crippen molar-refractivity contribution in [1.29, 1.82) is 0 Å². The molecule has 0 unspecified atom stereocenters. The zero-order chi connectivity index (χ0) is 14.5. The van der Waals surface area contributed by atoms with Gasteiger partial charge in [-0.3, -0.25) is 4.90 Å². The molecule has 0 N–H and O–H groups in total. The van der Waals surface area contributed by atoms with Crippen LogP contribution in [0.3, 0.4) is 0 Å². The monoisotopic (exact) mass is 295 g/mol. The maximum absolute atomic E-state index is 13.0. The Bertz CT molecular complexity index is 443. The van der Waals surface area contributed by atoms with E-state index in [-0.39, 0.29) is 12.1 Å². The van der Waals surface area contributed by atoms with Gasteiger partial charge in [-0.15, -0.1) is 0 Å². The lowest BCUT2D eigenvalue weighted by molar-refractivity contribution is -0.0976. The van der Waals surface area contributed by atoms with Gasteiger partial charge in [0, 0.05) is 18.5 Å². The van der Waals surface area contributed by atoms with Crippen molar-refractivity contribution >= 4 is 0 Å². The molecule has 0 aliphatic carbocycles. The Kier molecular flexibility index (Phi) is 5.06. The summed E-state index contributed by atoms with van der Waals surface area (Å²) in [7, 11) is 0. The summed E-state index contributed by atoms with van der Waals surface area (Å²) >= 11 is 0. The van der Waals surface area contributed by atoms with E-state index in [0.717, 1.165) is 45.7 Å². The Morgan fingerprint density at radius 2 is 1.95 bits per heavy atom. The summed E-state index contributed by atoms with van der Waals surface area (Å²) in [6, 6.07) is 6.29. The number of nitrogens with zero attached hydrogens (tertiary/aromatic N) is 1. The largest absolute Gasteiger partial charge is 0.492 e. The van der Waals surface area contributed by atoms with Gasteiger partial charge in [0.1, 0.15) is 18.2 Å². The average Bonchev–Trinajstić information content (AvgIpc) is 3.02. The first-order valence-electron chi connectivity index (χ1n) is 7.65. The molecule has 116 valence electrons. The Balaban J connectivity index is 1.35. The van der Waals surface area contributed by atoms with E-state index in [0.29, 0.717) is 18.3 Å². The van der Waals surface area contributed by atoms with Gasteiger partial charge < -0.3 is 14.2 Å². The molecule has 1 aromatic carbocycles. The van der Waals surface area contributed by atoms with Crippen molar-refractivity contribution in [1.82, 2.24) is 4.90 Å². The van der Waals surface area contributed by atoms with Gasteiger partial charge in [0.05, 0.1) is 13.2 Å². The topological polar surface area (TPSA) is 30.9 Å². The first kappa shape index (κ1) is 14.8. The molecule has 2 heterocycles. The van der Waals surface area contributed by atoms with Crippen LogP contribution in [0.25, 0.3) is 0 Å². The highest BCUT2D eigenvalue weighted by molar-refractivity contribution is 5.22. The summed E-state index contributed by atoms with van der Waals surface area (Å²) in [6.07, 6.45) is 2.21. The summed E-state index contributed by atoms with van der Waals surface area (Å²) in [6.45, 7) is 5.00. The van der Waals surface area contributed by atoms with Crippen LogP contribution in [0, 0.1) is 11.7 Å². The number of hydrogen-bond donors (Lipinski definition) is 0. The Labute approximate surface area is 124 Å². The van der Waals surface area contributed by atoms with Crippen LogP contribution in [0.1, 0.15) is 12.8 Å². The zero-order valence-electron chi connectivity index (χ0n) is 12.2. The lowest BCUT2D eigenvalue weighted by atomic mass is 9.96. The number of ether oxygens (including phenoxy) is 3. The van der Waals surface area contributed by atoms with Gasteiger partial charge in [-0.1, -0.05) is 6.07 Å². The number of piperidine rings is 1. The smallest absolute Gasteiger partial charge is 0.160 e. The third-order valence-corrected chi connectivity index (χ3v) is 4.14. The first-order valence-corrected chi connectivity index (χ1v) is 7.65. The second-order valence-corrected chi connectivity index (χ2v) is 5.59. The van der Waals surface area contributed by atoms with Gasteiger partial charge >= 0.3 is 0 Å². The van der Waals surface area contributed by atoms with E-state index in [4.69, 9.17) is 14.2 Å². The van der Waals surface area contributed by atoms with Crippen molar-refractivity contribution < 1.29 is 18.6 Å². The van der Waals surface area contributed by atoms with E-state index in [1.165, 1.54) is 12.1 Å². The van der Waals surface area contributed by atoms with E-state index in [1.807, 2.05) is 0 Å². The molecular weight excluding hydrogens is 273 g/mol. The Hall–Kier alpha value is -1.17. The Morgan fingerprint density at radius 3 is 2.67 bits per heavy atom. The molecule has 1 aromatic rings. The van der Waals surface area contributed by atoms with E-state index < -0.39 is 0 Å². The molecule has 0 saturated carbocycles. The molecule has 0 bridgehead atoms. The molecule has 4 nitrogen and oxygen atoms in total. The third kappa shape index (κ3) is 4.15. The van der Waals surface area contributed by atoms with Gasteiger partial charge in [0.25, 0.3) is 0 Å². The van der Waals surface area contributed by atoms with Crippen molar-refractivity contribution in [3.05, 3.63) is 30.1 Å². The second kappa shape index (κ2) is 7.20. The molecule has 0 aromatic heterocycles. The fraction of sp³-hybridized carbons (Fsp3) is 0.625. The van der Waals surface area contributed by atoms with Crippen LogP contribution in [0.15, 0.2) is 24.3 Å². The SMILES string of the molecule is Fc1cccc(OCCN2CCC(C3OCCO3)CC2)c1. The lowest BCUT2D eigenvalue weighted by Crippen LogP contribution is -2.39. The van der Waals surface area contributed by atoms with Crippen LogP contribution in [-0.2, 0) is 9.47 Å². The van der Waals surface area contributed by atoms with E-state index >= 15 is 0 Å². The van der Waals surface area contributed by atoms with Gasteiger partial charge in [0.15, 0.2) is 6.29 Å². The van der Waals surface area contributed by atoms with Gasteiger partial charge in [-0.2, -0.15) is 0 Å². The molecule has 3 rings (SSSR count). The molecule has 0 spiro atoms. The van der Waals surface area contributed by atoms with Crippen molar-refractivity contribution in [3.63, 3.8) is 0 Å². The second-order valence-electron chi connectivity index (χ2n) is 5.59. The molecule has 2 aliphatic rings. The molecule has 2 fully saturated rings. The fourth-order valence-electron chi connectivity index (χ4n) is 2.95. The van der Waals surface area contributed by atoms with E-state index in [1.54, 1.807) is 12.1 Å². The lowest BCUT2D eigenvalue weighted by Gasteiger charge is -2.33. The number of rotatable bonds is 5. The van der Waals surface area contributed by atoms with Gasteiger partial charge in [0.2, 0.25) is 0 Å². The van der Waals surface area contributed by atoms with Crippen molar-refractivity contribution in [2.24, 2.45) is 5.92 Å². The minimum absolute atomic E-state index is 0.00990. The predicted octanol–water partition coefficient (Wildman–Crippen LogP) is 2.29. The highest BCUT2D eigenvalue weighted by Crippen LogP contribution is 2.25. The number of benzene rings is 1. The molecule has 5 heteroatoms.